The number of carbonyl (C=O) groups is 1. The Labute approximate surface area is 95.3 Å². The molecule has 0 saturated heterocycles. The van der Waals surface area contributed by atoms with Crippen LogP contribution in [-0.2, 0) is 0 Å². The number of amides is 1. The summed E-state index contributed by atoms with van der Waals surface area (Å²) >= 11 is 0. The summed E-state index contributed by atoms with van der Waals surface area (Å²) < 4.78 is 0. The highest BCUT2D eigenvalue weighted by atomic mass is 16.1. The maximum absolute atomic E-state index is 11.8. The topological polar surface area (TPSA) is 68.0 Å². The van der Waals surface area contributed by atoms with Gasteiger partial charge in [0, 0.05) is 12.2 Å². The van der Waals surface area contributed by atoms with Crippen LogP contribution >= 0.6 is 0 Å². The van der Waals surface area contributed by atoms with E-state index in [0.29, 0.717) is 11.3 Å². The minimum atomic E-state index is -0.211. The summed E-state index contributed by atoms with van der Waals surface area (Å²) in [6.07, 6.45) is 1.57. The number of carbonyl (C=O) groups excluding carboxylic acids is 1. The van der Waals surface area contributed by atoms with Crippen LogP contribution in [0.3, 0.4) is 0 Å². The van der Waals surface area contributed by atoms with E-state index in [0.717, 1.165) is 0 Å². The van der Waals surface area contributed by atoms with Gasteiger partial charge in [0.25, 0.3) is 5.91 Å². The van der Waals surface area contributed by atoms with Gasteiger partial charge < -0.3 is 11.1 Å². The second kappa shape index (κ2) is 5.89. The molecule has 0 radical (unpaired) electrons. The second-order valence-electron chi connectivity index (χ2n) is 3.53. The Kier molecular flexibility index (Phi) is 4.49. The van der Waals surface area contributed by atoms with Crippen LogP contribution in [0.15, 0.2) is 18.3 Å². The molecule has 0 aromatic carbocycles. The van der Waals surface area contributed by atoms with Crippen LogP contribution in [-0.4, -0.2) is 23.5 Å². The molecule has 0 saturated carbocycles. The SMILES string of the molecule is CC(C)NC(=O)c1ncccc1C#CCN. The highest BCUT2D eigenvalue weighted by molar-refractivity contribution is 5.94. The smallest absolute Gasteiger partial charge is 0.271 e. The van der Waals surface area contributed by atoms with Crippen LogP contribution in [0.2, 0.25) is 0 Å². The Morgan fingerprint density at radius 2 is 2.38 bits per heavy atom. The highest BCUT2D eigenvalue weighted by Crippen LogP contribution is 2.03. The summed E-state index contributed by atoms with van der Waals surface area (Å²) in [4.78, 5) is 15.8. The number of pyridine rings is 1. The minimum Gasteiger partial charge on any atom is -0.348 e. The number of hydrogen-bond donors (Lipinski definition) is 2. The molecular formula is C12H15N3O. The summed E-state index contributed by atoms with van der Waals surface area (Å²) in [6, 6.07) is 3.57. The molecule has 16 heavy (non-hydrogen) atoms. The van der Waals surface area contributed by atoms with Gasteiger partial charge in [-0.15, -0.1) is 0 Å². The van der Waals surface area contributed by atoms with Gasteiger partial charge in [-0.05, 0) is 26.0 Å². The number of nitrogens with one attached hydrogen (secondary N) is 1. The fraction of sp³-hybridized carbons (Fsp3) is 0.333. The first-order valence-electron chi connectivity index (χ1n) is 5.10. The lowest BCUT2D eigenvalue weighted by Gasteiger charge is -2.08. The van der Waals surface area contributed by atoms with E-state index in [1.807, 2.05) is 13.8 Å². The van der Waals surface area contributed by atoms with Gasteiger partial charge >= 0.3 is 0 Å². The molecule has 0 aliphatic rings. The van der Waals surface area contributed by atoms with Crippen molar-refractivity contribution in [2.24, 2.45) is 5.73 Å². The third-order valence-electron chi connectivity index (χ3n) is 1.77. The first kappa shape index (κ1) is 12.2. The van der Waals surface area contributed by atoms with Crippen LogP contribution in [0.5, 0.6) is 0 Å². The van der Waals surface area contributed by atoms with E-state index < -0.39 is 0 Å². The average molecular weight is 217 g/mol. The summed E-state index contributed by atoms with van der Waals surface area (Å²) in [7, 11) is 0. The Morgan fingerprint density at radius 3 is 3.00 bits per heavy atom. The van der Waals surface area contributed by atoms with E-state index in [4.69, 9.17) is 5.73 Å². The molecule has 0 bridgehead atoms. The molecule has 0 atom stereocenters. The molecule has 1 amide bonds. The van der Waals surface area contributed by atoms with Crippen LogP contribution in [0.1, 0.15) is 29.9 Å². The van der Waals surface area contributed by atoms with Crippen molar-refractivity contribution in [3.8, 4) is 11.8 Å². The molecule has 1 rings (SSSR count). The maximum Gasteiger partial charge on any atom is 0.271 e. The Balaban J connectivity index is 2.98. The lowest BCUT2D eigenvalue weighted by Crippen LogP contribution is -2.31. The third kappa shape index (κ3) is 3.37. The standard InChI is InChI=1S/C12H15N3O/c1-9(2)15-12(16)11-10(5-3-7-13)6-4-8-14-11/h4,6,8-9H,7,13H2,1-2H3,(H,15,16). The molecule has 4 heteroatoms. The number of nitrogens with two attached hydrogens (primary N) is 1. The maximum atomic E-state index is 11.8. The fourth-order valence-corrected chi connectivity index (χ4v) is 1.16. The molecule has 0 unspecified atom stereocenters. The summed E-state index contributed by atoms with van der Waals surface area (Å²) in [5.41, 5.74) is 6.24. The molecule has 0 aliphatic heterocycles. The van der Waals surface area contributed by atoms with Crippen molar-refractivity contribution in [1.29, 1.82) is 0 Å². The van der Waals surface area contributed by atoms with Crippen molar-refractivity contribution < 1.29 is 4.79 Å². The molecule has 1 aromatic heterocycles. The van der Waals surface area contributed by atoms with Crippen LogP contribution in [0, 0.1) is 11.8 Å². The zero-order chi connectivity index (χ0) is 12.0. The van der Waals surface area contributed by atoms with Crippen LogP contribution in [0.25, 0.3) is 0 Å². The summed E-state index contributed by atoms with van der Waals surface area (Å²) in [5, 5.41) is 2.78. The fourth-order valence-electron chi connectivity index (χ4n) is 1.16. The molecule has 0 spiro atoms. The molecule has 4 nitrogen and oxygen atoms in total. The van der Waals surface area contributed by atoms with Gasteiger partial charge in [0.1, 0.15) is 5.69 Å². The Hall–Kier alpha value is -1.86. The van der Waals surface area contributed by atoms with Gasteiger partial charge in [-0.3, -0.25) is 4.79 Å². The molecule has 1 heterocycles. The Morgan fingerprint density at radius 1 is 1.62 bits per heavy atom. The van der Waals surface area contributed by atoms with Crippen LogP contribution in [0.4, 0.5) is 0 Å². The lowest BCUT2D eigenvalue weighted by atomic mass is 10.2. The minimum absolute atomic E-state index is 0.0739. The van der Waals surface area contributed by atoms with Crippen molar-refractivity contribution in [2.75, 3.05) is 6.54 Å². The number of aromatic nitrogens is 1. The first-order valence-corrected chi connectivity index (χ1v) is 5.10. The van der Waals surface area contributed by atoms with E-state index >= 15 is 0 Å². The molecule has 1 aromatic rings. The van der Waals surface area contributed by atoms with Crippen LogP contribution < -0.4 is 11.1 Å². The molecular weight excluding hydrogens is 202 g/mol. The number of rotatable bonds is 2. The first-order chi connectivity index (χ1) is 7.65. The molecule has 0 fully saturated rings. The van der Waals surface area contributed by atoms with E-state index in [9.17, 15) is 4.79 Å². The predicted molar refractivity (Wildman–Crippen MR) is 62.8 cm³/mol. The molecule has 84 valence electrons. The summed E-state index contributed by atoms with van der Waals surface area (Å²) in [5.74, 6) is 5.33. The van der Waals surface area contributed by atoms with E-state index in [1.54, 1.807) is 18.3 Å². The number of hydrogen-bond acceptors (Lipinski definition) is 3. The Bertz CT molecular complexity index is 429. The van der Waals surface area contributed by atoms with Gasteiger partial charge in [-0.25, -0.2) is 4.98 Å². The van der Waals surface area contributed by atoms with Crippen molar-refractivity contribution in [3.63, 3.8) is 0 Å². The van der Waals surface area contributed by atoms with Crippen molar-refractivity contribution in [2.45, 2.75) is 19.9 Å². The van der Waals surface area contributed by atoms with Crippen molar-refractivity contribution >= 4 is 5.91 Å². The zero-order valence-corrected chi connectivity index (χ0v) is 9.45. The summed E-state index contributed by atoms with van der Waals surface area (Å²) in [6.45, 7) is 4.05. The van der Waals surface area contributed by atoms with Crippen molar-refractivity contribution in [1.82, 2.24) is 10.3 Å². The third-order valence-corrected chi connectivity index (χ3v) is 1.77. The van der Waals surface area contributed by atoms with Gasteiger partial charge in [-0.2, -0.15) is 0 Å². The quantitative estimate of drug-likeness (QED) is 0.710. The number of nitrogens with zero attached hydrogens (tertiary/aromatic N) is 1. The van der Waals surface area contributed by atoms with E-state index in [-0.39, 0.29) is 18.5 Å². The molecule has 3 N–H and O–H groups in total. The predicted octanol–water partition coefficient (Wildman–Crippen LogP) is 0.530. The van der Waals surface area contributed by atoms with Gasteiger partial charge in [-0.1, -0.05) is 11.8 Å². The monoisotopic (exact) mass is 217 g/mol. The van der Waals surface area contributed by atoms with E-state index in [1.165, 1.54) is 0 Å². The van der Waals surface area contributed by atoms with Crippen molar-refractivity contribution in [3.05, 3.63) is 29.6 Å². The highest BCUT2D eigenvalue weighted by Gasteiger charge is 2.11. The lowest BCUT2D eigenvalue weighted by molar-refractivity contribution is 0.0938. The zero-order valence-electron chi connectivity index (χ0n) is 9.45. The van der Waals surface area contributed by atoms with Gasteiger partial charge in [0.2, 0.25) is 0 Å². The van der Waals surface area contributed by atoms with Gasteiger partial charge in [0.05, 0.1) is 12.1 Å². The van der Waals surface area contributed by atoms with Gasteiger partial charge in [0.15, 0.2) is 0 Å². The largest absolute Gasteiger partial charge is 0.348 e. The second-order valence-corrected chi connectivity index (χ2v) is 3.53. The normalized spacial score (nSPS) is 9.50. The average Bonchev–Trinajstić information content (AvgIpc) is 2.25. The molecule has 0 aliphatic carbocycles. The van der Waals surface area contributed by atoms with E-state index in [2.05, 4.69) is 22.1 Å².